The summed E-state index contributed by atoms with van der Waals surface area (Å²) >= 11 is 0. The Bertz CT molecular complexity index is 838. The first kappa shape index (κ1) is 16.9. The van der Waals surface area contributed by atoms with E-state index in [2.05, 4.69) is 5.32 Å². The van der Waals surface area contributed by atoms with E-state index in [0.717, 1.165) is 18.3 Å². The van der Waals surface area contributed by atoms with Crippen LogP contribution in [0.1, 0.15) is 27.6 Å². The van der Waals surface area contributed by atoms with Gasteiger partial charge in [-0.3, -0.25) is 14.4 Å². The second-order valence-corrected chi connectivity index (χ2v) is 4.84. The number of carboxylic acid groups (broad SMARTS) is 1. The maximum atomic E-state index is 11.8. The molecule has 0 unspecified atom stereocenters. The molecule has 2 N–H and O–H groups in total. The second kappa shape index (κ2) is 7.23. The maximum absolute atomic E-state index is 11.8. The number of amides is 1. The van der Waals surface area contributed by atoms with Crippen LogP contribution in [-0.4, -0.2) is 34.1 Å². The SMILES string of the molecule is CC(=O)c1ccc(NC(=O)COn2cc(C(=O)O)ccc2=O)cc1. The number of carbonyl (C=O) groups is 3. The number of pyridine rings is 1. The highest BCUT2D eigenvalue weighted by molar-refractivity contribution is 5.95. The van der Waals surface area contributed by atoms with Crippen molar-refractivity contribution in [3.05, 3.63) is 64.1 Å². The number of Topliss-reactive ketones (excluding diaryl/α,β-unsaturated/α-hetero) is 1. The standard InChI is InChI=1S/C16H14N2O6/c1-10(19)11-2-5-13(6-3-11)17-14(20)9-24-18-8-12(16(22)23)4-7-15(18)21/h2-8H,9H2,1H3,(H,17,20)(H,22,23). The molecule has 0 aliphatic carbocycles. The lowest BCUT2D eigenvalue weighted by atomic mass is 10.1. The summed E-state index contributed by atoms with van der Waals surface area (Å²) in [5, 5.41) is 11.4. The summed E-state index contributed by atoms with van der Waals surface area (Å²) in [6.45, 7) is 0.946. The molecule has 1 amide bonds. The minimum absolute atomic E-state index is 0.0890. The number of nitrogens with zero attached hydrogens (tertiary/aromatic N) is 1. The number of carbonyl (C=O) groups excluding carboxylic acids is 2. The molecule has 0 atom stereocenters. The van der Waals surface area contributed by atoms with Crippen molar-refractivity contribution in [2.75, 3.05) is 11.9 Å². The van der Waals surface area contributed by atoms with Crippen LogP contribution in [0, 0.1) is 0 Å². The number of hydrogen-bond donors (Lipinski definition) is 2. The van der Waals surface area contributed by atoms with Gasteiger partial charge in [0.2, 0.25) is 0 Å². The normalized spacial score (nSPS) is 10.0. The molecular formula is C16H14N2O6. The molecule has 0 fully saturated rings. The van der Waals surface area contributed by atoms with E-state index in [1.807, 2.05) is 0 Å². The fraction of sp³-hybridized carbons (Fsp3) is 0.125. The zero-order chi connectivity index (χ0) is 17.7. The fourth-order valence-corrected chi connectivity index (χ4v) is 1.81. The topological polar surface area (TPSA) is 115 Å². The van der Waals surface area contributed by atoms with Gasteiger partial charge in [-0.15, -0.1) is 0 Å². The van der Waals surface area contributed by atoms with Gasteiger partial charge in [0.25, 0.3) is 11.5 Å². The molecule has 2 rings (SSSR count). The van der Waals surface area contributed by atoms with Gasteiger partial charge in [0.1, 0.15) is 0 Å². The highest BCUT2D eigenvalue weighted by Crippen LogP contribution is 2.09. The van der Waals surface area contributed by atoms with E-state index in [1.54, 1.807) is 24.3 Å². The molecule has 2 aromatic rings. The summed E-state index contributed by atoms with van der Waals surface area (Å²) in [4.78, 5) is 50.4. The average Bonchev–Trinajstić information content (AvgIpc) is 2.54. The van der Waals surface area contributed by atoms with Gasteiger partial charge in [-0.25, -0.2) is 4.79 Å². The molecule has 0 saturated heterocycles. The monoisotopic (exact) mass is 330 g/mol. The second-order valence-electron chi connectivity index (χ2n) is 4.84. The summed E-state index contributed by atoms with van der Waals surface area (Å²) in [5.74, 6) is -1.85. The van der Waals surface area contributed by atoms with E-state index in [9.17, 15) is 19.2 Å². The Labute approximate surface area is 136 Å². The molecule has 0 saturated carbocycles. The molecule has 8 heteroatoms. The predicted molar refractivity (Wildman–Crippen MR) is 84.2 cm³/mol. The third-order valence-electron chi connectivity index (χ3n) is 3.04. The zero-order valence-corrected chi connectivity index (χ0v) is 12.7. The van der Waals surface area contributed by atoms with Crippen LogP contribution in [0.5, 0.6) is 0 Å². The number of carboxylic acids is 1. The summed E-state index contributed by atoms with van der Waals surface area (Å²) in [7, 11) is 0. The lowest BCUT2D eigenvalue weighted by Crippen LogP contribution is -2.32. The Kier molecular flexibility index (Phi) is 5.10. The predicted octanol–water partition coefficient (Wildman–Crippen LogP) is 0.816. The Balaban J connectivity index is 1.98. The Hall–Kier alpha value is -3.42. The lowest BCUT2D eigenvalue weighted by molar-refractivity contribution is -0.120. The van der Waals surface area contributed by atoms with Crippen molar-refractivity contribution >= 4 is 23.3 Å². The van der Waals surface area contributed by atoms with E-state index in [1.165, 1.54) is 6.92 Å². The van der Waals surface area contributed by atoms with Crippen LogP contribution in [-0.2, 0) is 4.79 Å². The number of anilines is 1. The van der Waals surface area contributed by atoms with Gasteiger partial charge in [-0.05, 0) is 37.3 Å². The first-order valence-corrected chi connectivity index (χ1v) is 6.87. The average molecular weight is 330 g/mol. The van der Waals surface area contributed by atoms with E-state index < -0.39 is 24.0 Å². The molecule has 8 nitrogen and oxygen atoms in total. The maximum Gasteiger partial charge on any atom is 0.337 e. The minimum atomic E-state index is -1.22. The van der Waals surface area contributed by atoms with Crippen LogP contribution in [0.15, 0.2) is 47.4 Å². The van der Waals surface area contributed by atoms with Crippen LogP contribution < -0.4 is 15.7 Å². The summed E-state index contributed by atoms with van der Waals surface area (Å²) in [6, 6.07) is 8.43. The Morgan fingerprint density at radius 3 is 2.29 bits per heavy atom. The first-order chi connectivity index (χ1) is 11.4. The third-order valence-corrected chi connectivity index (χ3v) is 3.04. The molecular weight excluding hydrogens is 316 g/mol. The number of rotatable bonds is 6. The molecule has 1 heterocycles. The van der Waals surface area contributed by atoms with Crippen molar-refractivity contribution in [2.45, 2.75) is 6.92 Å². The molecule has 0 radical (unpaired) electrons. The largest absolute Gasteiger partial charge is 0.478 e. The summed E-state index contributed by atoms with van der Waals surface area (Å²) in [6.07, 6.45) is 0.986. The van der Waals surface area contributed by atoms with Gasteiger partial charge < -0.3 is 15.3 Å². The van der Waals surface area contributed by atoms with Gasteiger partial charge in [0.05, 0.1) is 11.8 Å². The van der Waals surface area contributed by atoms with Crippen molar-refractivity contribution in [2.24, 2.45) is 0 Å². The molecule has 1 aromatic carbocycles. The van der Waals surface area contributed by atoms with Gasteiger partial charge >= 0.3 is 5.97 Å². The Morgan fingerprint density at radius 2 is 1.71 bits per heavy atom. The molecule has 0 aliphatic heterocycles. The van der Waals surface area contributed by atoms with Crippen molar-refractivity contribution < 1.29 is 24.3 Å². The van der Waals surface area contributed by atoms with E-state index in [0.29, 0.717) is 16.0 Å². The number of ketones is 1. The highest BCUT2D eigenvalue weighted by Gasteiger charge is 2.08. The third kappa shape index (κ3) is 4.29. The molecule has 0 bridgehead atoms. The zero-order valence-electron chi connectivity index (χ0n) is 12.7. The lowest BCUT2D eigenvalue weighted by Gasteiger charge is -2.09. The van der Waals surface area contributed by atoms with Crippen LogP contribution in [0.2, 0.25) is 0 Å². The first-order valence-electron chi connectivity index (χ1n) is 6.87. The Morgan fingerprint density at radius 1 is 1.08 bits per heavy atom. The number of benzene rings is 1. The van der Waals surface area contributed by atoms with Crippen molar-refractivity contribution in [3.8, 4) is 0 Å². The highest BCUT2D eigenvalue weighted by atomic mass is 16.7. The molecule has 124 valence electrons. The van der Waals surface area contributed by atoms with Crippen LogP contribution >= 0.6 is 0 Å². The van der Waals surface area contributed by atoms with Gasteiger partial charge in [0.15, 0.2) is 12.4 Å². The van der Waals surface area contributed by atoms with E-state index >= 15 is 0 Å². The molecule has 0 spiro atoms. The van der Waals surface area contributed by atoms with Crippen molar-refractivity contribution in [1.29, 1.82) is 0 Å². The summed E-state index contributed by atoms with van der Waals surface area (Å²) < 4.78 is 0.682. The molecule has 1 aromatic heterocycles. The van der Waals surface area contributed by atoms with Crippen molar-refractivity contribution in [1.82, 2.24) is 4.73 Å². The van der Waals surface area contributed by atoms with Crippen LogP contribution in [0.4, 0.5) is 5.69 Å². The number of aromatic carboxylic acids is 1. The van der Waals surface area contributed by atoms with Crippen LogP contribution in [0.25, 0.3) is 0 Å². The molecule has 24 heavy (non-hydrogen) atoms. The van der Waals surface area contributed by atoms with Crippen molar-refractivity contribution in [3.63, 3.8) is 0 Å². The van der Waals surface area contributed by atoms with Gasteiger partial charge in [-0.2, -0.15) is 4.73 Å². The molecule has 0 aliphatic rings. The van der Waals surface area contributed by atoms with Gasteiger partial charge in [0, 0.05) is 17.3 Å². The smallest absolute Gasteiger partial charge is 0.337 e. The van der Waals surface area contributed by atoms with Crippen LogP contribution in [0.3, 0.4) is 0 Å². The minimum Gasteiger partial charge on any atom is -0.478 e. The fourth-order valence-electron chi connectivity index (χ4n) is 1.81. The number of nitrogens with one attached hydrogen (secondary N) is 1. The number of aromatic nitrogens is 1. The van der Waals surface area contributed by atoms with E-state index in [4.69, 9.17) is 9.94 Å². The number of hydrogen-bond acceptors (Lipinski definition) is 5. The quantitative estimate of drug-likeness (QED) is 0.758. The summed E-state index contributed by atoms with van der Waals surface area (Å²) in [5.41, 5.74) is 0.231. The van der Waals surface area contributed by atoms with E-state index in [-0.39, 0.29) is 11.3 Å². The van der Waals surface area contributed by atoms with Gasteiger partial charge in [-0.1, -0.05) is 0 Å².